The van der Waals surface area contributed by atoms with Crippen LogP contribution in [0, 0.1) is 5.92 Å². The minimum atomic E-state index is 0.345. The van der Waals surface area contributed by atoms with Crippen LogP contribution >= 0.6 is 11.3 Å². The number of aliphatic hydroxyl groups excluding tert-OH is 1. The van der Waals surface area contributed by atoms with E-state index in [0.29, 0.717) is 18.6 Å². The first-order valence-electron chi connectivity index (χ1n) is 5.63. The van der Waals surface area contributed by atoms with Crippen molar-refractivity contribution in [3.8, 4) is 0 Å². The number of ether oxygens (including phenoxy) is 1. The molecule has 84 valence electrons. The monoisotopic (exact) mass is 226 g/mol. The second-order valence-corrected chi connectivity index (χ2v) is 5.25. The first-order chi connectivity index (χ1) is 7.38. The molecule has 0 amide bonds. The number of hydrogen-bond acceptors (Lipinski definition) is 3. The van der Waals surface area contributed by atoms with Crippen LogP contribution < -0.4 is 0 Å². The lowest BCUT2D eigenvalue weighted by atomic mass is 9.88. The second kappa shape index (κ2) is 5.64. The van der Waals surface area contributed by atoms with Gasteiger partial charge >= 0.3 is 0 Å². The fraction of sp³-hybridized carbons (Fsp3) is 0.667. The van der Waals surface area contributed by atoms with E-state index < -0.39 is 0 Å². The van der Waals surface area contributed by atoms with Crippen molar-refractivity contribution in [1.82, 2.24) is 0 Å². The third kappa shape index (κ3) is 3.30. The lowest BCUT2D eigenvalue weighted by Gasteiger charge is -2.27. The van der Waals surface area contributed by atoms with Crippen molar-refractivity contribution in [3.05, 3.63) is 22.4 Å². The summed E-state index contributed by atoms with van der Waals surface area (Å²) in [5, 5.41) is 11.1. The highest BCUT2D eigenvalue weighted by Crippen LogP contribution is 2.26. The Labute approximate surface area is 94.9 Å². The summed E-state index contributed by atoms with van der Waals surface area (Å²) in [6, 6.07) is 4.18. The molecule has 0 saturated heterocycles. The molecule has 0 bridgehead atoms. The molecule has 2 nitrogen and oxygen atoms in total. The van der Waals surface area contributed by atoms with E-state index in [1.165, 1.54) is 4.88 Å². The van der Waals surface area contributed by atoms with Crippen LogP contribution in [0.4, 0.5) is 0 Å². The molecule has 2 rings (SSSR count). The van der Waals surface area contributed by atoms with Gasteiger partial charge in [0.25, 0.3) is 0 Å². The van der Waals surface area contributed by atoms with Crippen molar-refractivity contribution in [2.45, 2.75) is 38.4 Å². The highest BCUT2D eigenvalue weighted by molar-refractivity contribution is 7.09. The maximum Gasteiger partial charge on any atom is 0.0813 e. The minimum absolute atomic E-state index is 0.345. The van der Waals surface area contributed by atoms with Crippen molar-refractivity contribution >= 4 is 11.3 Å². The molecule has 1 aliphatic rings. The second-order valence-electron chi connectivity index (χ2n) is 4.22. The van der Waals surface area contributed by atoms with E-state index in [9.17, 15) is 0 Å². The Morgan fingerprint density at radius 1 is 1.33 bits per heavy atom. The summed E-state index contributed by atoms with van der Waals surface area (Å²) < 4.78 is 5.85. The third-order valence-electron chi connectivity index (χ3n) is 3.09. The molecule has 1 N–H and O–H groups in total. The van der Waals surface area contributed by atoms with Gasteiger partial charge in [-0.1, -0.05) is 6.07 Å². The fourth-order valence-corrected chi connectivity index (χ4v) is 2.70. The molecule has 1 fully saturated rings. The molecular weight excluding hydrogens is 208 g/mol. The van der Waals surface area contributed by atoms with Gasteiger partial charge in [-0.05, 0) is 43.0 Å². The average molecular weight is 226 g/mol. The Hall–Kier alpha value is -0.380. The van der Waals surface area contributed by atoms with Crippen LogP contribution in [0.25, 0.3) is 0 Å². The zero-order chi connectivity index (χ0) is 10.5. The largest absolute Gasteiger partial charge is 0.396 e. The van der Waals surface area contributed by atoms with E-state index >= 15 is 0 Å². The predicted molar refractivity (Wildman–Crippen MR) is 61.9 cm³/mol. The molecule has 0 atom stereocenters. The van der Waals surface area contributed by atoms with Gasteiger partial charge in [-0.25, -0.2) is 0 Å². The van der Waals surface area contributed by atoms with Crippen LogP contribution in [0.2, 0.25) is 0 Å². The SMILES string of the molecule is OCC1CCC(OCc2cccs2)CC1. The van der Waals surface area contributed by atoms with Crippen molar-refractivity contribution in [1.29, 1.82) is 0 Å². The Bertz CT molecular complexity index is 263. The summed E-state index contributed by atoms with van der Waals surface area (Å²) in [6.45, 7) is 1.10. The van der Waals surface area contributed by atoms with Crippen LogP contribution in [0.3, 0.4) is 0 Å². The van der Waals surface area contributed by atoms with Gasteiger partial charge in [0.05, 0.1) is 12.7 Å². The standard InChI is InChI=1S/C12H18O2S/c13-8-10-3-5-11(6-4-10)14-9-12-2-1-7-15-12/h1-2,7,10-11,13H,3-6,8-9H2. The molecule has 0 unspecified atom stereocenters. The molecule has 0 radical (unpaired) electrons. The van der Waals surface area contributed by atoms with Crippen LogP contribution in [0.15, 0.2) is 17.5 Å². The molecule has 1 aliphatic carbocycles. The maximum atomic E-state index is 9.02. The van der Waals surface area contributed by atoms with Gasteiger partial charge < -0.3 is 9.84 Å². The van der Waals surface area contributed by atoms with Crippen LogP contribution in [-0.2, 0) is 11.3 Å². The third-order valence-corrected chi connectivity index (χ3v) is 3.94. The van der Waals surface area contributed by atoms with Crippen LogP contribution in [0.1, 0.15) is 30.6 Å². The Balaban J connectivity index is 1.69. The molecule has 1 saturated carbocycles. The minimum Gasteiger partial charge on any atom is -0.396 e. The highest BCUT2D eigenvalue weighted by atomic mass is 32.1. The summed E-state index contributed by atoms with van der Waals surface area (Å²) in [4.78, 5) is 1.30. The van der Waals surface area contributed by atoms with E-state index in [2.05, 4.69) is 17.5 Å². The molecule has 0 aliphatic heterocycles. The predicted octanol–water partition coefficient (Wildman–Crippen LogP) is 2.82. The van der Waals surface area contributed by atoms with Gasteiger partial charge in [-0.2, -0.15) is 0 Å². The smallest absolute Gasteiger partial charge is 0.0813 e. The van der Waals surface area contributed by atoms with E-state index in [1.807, 2.05) is 0 Å². The molecule has 15 heavy (non-hydrogen) atoms. The first-order valence-corrected chi connectivity index (χ1v) is 6.51. The molecule has 0 spiro atoms. The topological polar surface area (TPSA) is 29.5 Å². The number of thiophene rings is 1. The van der Waals surface area contributed by atoms with Crippen molar-refractivity contribution in [3.63, 3.8) is 0 Å². The van der Waals surface area contributed by atoms with Gasteiger partial charge in [0.15, 0.2) is 0 Å². The van der Waals surface area contributed by atoms with E-state index in [0.717, 1.165) is 32.3 Å². The van der Waals surface area contributed by atoms with Crippen molar-refractivity contribution in [2.24, 2.45) is 5.92 Å². The Morgan fingerprint density at radius 2 is 2.13 bits per heavy atom. The molecule has 1 aromatic rings. The number of rotatable bonds is 4. The van der Waals surface area contributed by atoms with Gasteiger partial charge in [-0.15, -0.1) is 11.3 Å². The van der Waals surface area contributed by atoms with Gasteiger partial charge in [0.2, 0.25) is 0 Å². The summed E-state index contributed by atoms with van der Waals surface area (Å²) in [5.41, 5.74) is 0. The number of hydrogen-bond donors (Lipinski definition) is 1. The van der Waals surface area contributed by atoms with Gasteiger partial charge in [-0.3, -0.25) is 0 Å². The summed E-state index contributed by atoms with van der Waals surface area (Å²) in [6.07, 6.45) is 4.86. The normalized spacial score (nSPS) is 26.7. The van der Waals surface area contributed by atoms with E-state index in [-0.39, 0.29) is 0 Å². The first kappa shape index (κ1) is 11.1. The summed E-state index contributed by atoms with van der Waals surface area (Å²) in [7, 11) is 0. The molecule has 1 aromatic heterocycles. The quantitative estimate of drug-likeness (QED) is 0.855. The van der Waals surface area contributed by atoms with E-state index in [1.54, 1.807) is 11.3 Å². The zero-order valence-corrected chi connectivity index (χ0v) is 9.71. The molecular formula is C12H18O2S. The molecule has 0 aromatic carbocycles. The van der Waals surface area contributed by atoms with Crippen molar-refractivity contribution in [2.75, 3.05) is 6.61 Å². The fourth-order valence-electron chi connectivity index (χ4n) is 2.08. The van der Waals surface area contributed by atoms with Crippen LogP contribution in [0.5, 0.6) is 0 Å². The Kier molecular flexibility index (Phi) is 4.18. The van der Waals surface area contributed by atoms with Gasteiger partial charge in [0.1, 0.15) is 0 Å². The highest BCUT2D eigenvalue weighted by Gasteiger charge is 2.20. The zero-order valence-electron chi connectivity index (χ0n) is 8.89. The lowest BCUT2D eigenvalue weighted by Crippen LogP contribution is -2.23. The van der Waals surface area contributed by atoms with Crippen LogP contribution in [-0.4, -0.2) is 17.8 Å². The summed E-state index contributed by atoms with van der Waals surface area (Å²) >= 11 is 1.75. The molecule has 1 heterocycles. The maximum absolute atomic E-state index is 9.02. The molecule has 3 heteroatoms. The Morgan fingerprint density at radius 3 is 2.73 bits per heavy atom. The lowest BCUT2D eigenvalue weighted by molar-refractivity contribution is 0.00235. The van der Waals surface area contributed by atoms with Crippen molar-refractivity contribution < 1.29 is 9.84 Å². The number of aliphatic hydroxyl groups is 1. The van der Waals surface area contributed by atoms with E-state index in [4.69, 9.17) is 9.84 Å². The van der Waals surface area contributed by atoms with Gasteiger partial charge in [0, 0.05) is 11.5 Å². The average Bonchev–Trinajstić information content (AvgIpc) is 2.80. The summed E-state index contributed by atoms with van der Waals surface area (Å²) in [5.74, 6) is 0.520.